The molecule has 0 aliphatic carbocycles. The van der Waals surface area contributed by atoms with Crippen molar-refractivity contribution in [1.29, 1.82) is 0 Å². The quantitative estimate of drug-likeness (QED) is 0.734. The van der Waals surface area contributed by atoms with Crippen molar-refractivity contribution in [3.63, 3.8) is 0 Å². The zero-order valence-corrected chi connectivity index (χ0v) is 12.0. The van der Waals surface area contributed by atoms with E-state index in [9.17, 15) is 9.59 Å². The van der Waals surface area contributed by atoms with Crippen LogP contribution in [0.25, 0.3) is 0 Å². The summed E-state index contributed by atoms with van der Waals surface area (Å²) in [5, 5.41) is 0. The molecule has 0 radical (unpaired) electrons. The predicted molar refractivity (Wildman–Crippen MR) is 72.0 cm³/mol. The largest absolute Gasteiger partial charge is 0.444 e. The molecule has 1 unspecified atom stereocenters. The summed E-state index contributed by atoms with van der Waals surface area (Å²) in [5.74, 6) is -0.00883. The normalized spacial score (nSPS) is 19.9. The van der Waals surface area contributed by atoms with Gasteiger partial charge in [0.15, 0.2) is 5.78 Å². The van der Waals surface area contributed by atoms with Crippen LogP contribution in [0.1, 0.15) is 33.6 Å². The van der Waals surface area contributed by atoms with Crippen LogP contribution in [0.15, 0.2) is 12.7 Å². The summed E-state index contributed by atoms with van der Waals surface area (Å²) >= 11 is 0. The zero-order valence-electron chi connectivity index (χ0n) is 12.0. The number of ether oxygens (including phenoxy) is 2. The van der Waals surface area contributed by atoms with Crippen LogP contribution in [0.5, 0.6) is 0 Å². The molecule has 1 atom stereocenters. The van der Waals surface area contributed by atoms with Crippen LogP contribution in [-0.2, 0) is 14.3 Å². The molecule has 1 aliphatic rings. The Morgan fingerprint density at radius 1 is 1.47 bits per heavy atom. The highest BCUT2D eigenvalue weighted by atomic mass is 16.6. The Hall–Kier alpha value is -1.36. The topological polar surface area (TPSA) is 55.8 Å². The summed E-state index contributed by atoms with van der Waals surface area (Å²) in [6.07, 6.45) is 2.22. The molecule has 1 rings (SSSR count). The first-order chi connectivity index (χ1) is 8.85. The molecule has 1 saturated heterocycles. The van der Waals surface area contributed by atoms with Crippen molar-refractivity contribution in [2.75, 3.05) is 19.8 Å². The van der Waals surface area contributed by atoms with Gasteiger partial charge in [0.1, 0.15) is 11.6 Å². The van der Waals surface area contributed by atoms with E-state index in [0.29, 0.717) is 26.0 Å². The second kappa shape index (κ2) is 6.70. The van der Waals surface area contributed by atoms with Crippen LogP contribution in [0.4, 0.5) is 4.79 Å². The van der Waals surface area contributed by atoms with Crippen LogP contribution in [0.3, 0.4) is 0 Å². The minimum atomic E-state index is -0.565. The SMILES string of the molecule is C=CCCC(=O)C1COCCN1C(=O)OC(C)(C)C. The third kappa shape index (κ3) is 5.03. The molecule has 0 N–H and O–H groups in total. The molecule has 0 saturated carbocycles. The maximum atomic E-state index is 12.1. The van der Waals surface area contributed by atoms with E-state index in [1.807, 2.05) is 0 Å². The minimum absolute atomic E-state index is 0.00883. The third-order valence-corrected chi connectivity index (χ3v) is 2.72. The van der Waals surface area contributed by atoms with Gasteiger partial charge in [0.2, 0.25) is 0 Å². The molecule has 0 aromatic rings. The number of amides is 1. The van der Waals surface area contributed by atoms with Gasteiger partial charge in [-0.25, -0.2) is 4.79 Å². The molecule has 0 bridgehead atoms. The van der Waals surface area contributed by atoms with E-state index in [-0.39, 0.29) is 12.4 Å². The fraction of sp³-hybridized carbons (Fsp3) is 0.714. The molecular weight excluding hydrogens is 246 g/mol. The fourth-order valence-electron chi connectivity index (χ4n) is 1.82. The van der Waals surface area contributed by atoms with E-state index >= 15 is 0 Å². The number of hydrogen-bond acceptors (Lipinski definition) is 4. The molecule has 5 heteroatoms. The van der Waals surface area contributed by atoms with Gasteiger partial charge in [-0.05, 0) is 27.2 Å². The third-order valence-electron chi connectivity index (χ3n) is 2.72. The predicted octanol–water partition coefficient (Wildman–Crippen LogP) is 2.16. The molecule has 108 valence electrons. The van der Waals surface area contributed by atoms with Gasteiger partial charge in [-0.15, -0.1) is 6.58 Å². The summed E-state index contributed by atoms with van der Waals surface area (Å²) < 4.78 is 10.6. The van der Waals surface area contributed by atoms with Crippen molar-refractivity contribution in [2.45, 2.75) is 45.3 Å². The van der Waals surface area contributed by atoms with Gasteiger partial charge >= 0.3 is 6.09 Å². The molecule has 1 fully saturated rings. The van der Waals surface area contributed by atoms with Gasteiger partial charge in [0.25, 0.3) is 0 Å². The number of ketones is 1. The fourth-order valence-corrected chi connectivity index (χ4v) is 1.82. The molecule has 0 aromatic heterocycles. The lowest BCUT2D eigenvalue weighted by Gasteiger charge is -2.35. The molecular formula is C14H23NO4. The molecule has 0 aromatic carbocycles. The average Bonchev–Trinajstić information content (AvgIpc) is 2.34. The smallest absolute Gasteiger partial charge is 0.411 e. The van der Waals surface area contributed by atoms with Gasteiger partial charge < -0.3 is 9.47 Å². The van der Waals surface area contributed by atoms with Crippen LogP contribution in [0, 0.1) is 0 Å². The van der Waals surface area contributed by atoms with Gasteiger partial charge in [-0.3, -0.25) is 9.69 Å². The van der Waals surface area contributed by atoms with Crippen LogP contribution in [-0.4, -0.2) is 48.2 Å². The number of hydrogen-bond donors (Lipinski definition) is 0. The van der Waals surface area contributed by atoms with Gasteiger partial charge in [0.05, 0.1) is 13.2 Å². The lowest BCUT2D eigenvalue weighted by molar-refractivity contribution is -0.130. The monoisotopic (exact) mass is 269 g/mol. The van der Waals surface area contributed by atoms with Crippen LogP contribution < -0.4 is 0 Å². The van der Waals surface area contributed by atoms with Gasteiger partial charge in [-0.1, -0.05) is 6.08 Å². The number of carbonyl (C=O) groups is 2. The minimum Gasteiger partial charge on any atom is -0.444 e. The summed E-state index contributed by atoms with van der Waals surface area (Å²) in [7, 11) is 0. The van der Waals surface area contributed by atoms with E-state index in [0.717, 1.165) is 0 Å². The number of nitrogens with zero attached hydrogens (tertiary/aromatic N) is 1. The molecule has 19 heavy (non-hydrogen) atoms. The highest BCUT2D eigenvalue weighted by molar-refractivity contribution is 5.87. The summed E-state index contributed by atoms with van der Waals surface area (Å²) in [6, 6.07) is -0.538. The van der Waals surface area contributed by atoms with Crippen LogP contribution >= 0.6 is 0 Å². The summed E-state index contributed by atoms with van der Waals surface area (Å²) in [4.78, 5) is 25.6. The maximum Gasteiger partial charge on any atom is 0.411 e. The van der Waals surface area contributed by atoms with Crippen molar-refractivity contribution < 1.29 is 19.1 Å². The number of rotatable bonds is 4. The van der Waals surface area contributed by atoms with Crippen LogP contribution in [0.2, 0.25) is 0 Å². The van der Waals surface area contributed by atoms with E-state index in [4.69, 9.17) is 9.47 Å². The Morgan fingerprint density at radius 3 is 2.74 bits per heavy atom. The highest BCUT2D eigenvalue weighted by Crippen LogP contribution is 2.16. The Labute approximate surface area is 114 Å². The lowest BCUT2D eigenvalue weighted by Crippen LogP contribution is -2.53. The number of Topliss-reactive ketones (excluding diaryl/α,β-unsaturated/α-hetero) is 1. The first-order valence-corrected chi connectivity index (χ1v) is 6.56. The zero-order chi connectivity index (χ0) is 14.5. The second-order valence-corrected chi connectivity index (χ2v) is 5.56. The Balaban J connectivity index is 2.69. The number of morpholine rings is 1. The molecule has 0 spiro atoms. The first kappa shape index (κ1) is 15.7. The van der Waals surface area contributed by atoms with Crippen molar-refractivity contribution in [3.8, 4) is 0 Å². The van der Waals surface area contributed by atoms with E-state index in [1.165, 1.54) is 4.90 Å². The summed E-state index contributed by atoms with van der Waals surface area (Å²) in [5.41, 5.74) is -0.565. The van der Waals surface area contributed by atoms with Crippen molar-refractivity contribution in [2.24, 2.45) is 0 Å². The first-order valence-electron chi connectivity index (χ1n) is 6.56. The Kier molecular flexibility index (Phi) is 5.54. The lowest BCUT2D eigenvalue weighted by atomic mass is 10.1. The molecule has 1 amide bonds. The molecule has 1 heterocycles. The number of allylic oxidation sites excluding steroid dienone is 1. The molecule has 1 aliphatic heterocycles. The summed E-state index contributed by atoms with van der Waals surface area (Å²) in [6.45, 7) is 10.1. The van der Waals surface area contributed by atoms with E-state index < -0.39 is 17.7 Å². The Bertz CT molecular complexity index is 346. The standard InChI is InChI=1S/C14H23NO4/c1-5-6-7-12(16)11-10-18-9-8-15(11)13(17)19-14(2,3)4/h5,11H,1,6-10H2,2-4H3. The van der Waals surface area contributed by atoms with Crippen molar-refractivity contribution in [3.05, 3.63) is 12.7 Å². The average molecular weight is 269 g/mol. The number of carbonyl (C=O) groups excluding carboxylic acids is 2. The highest BCUT2D eigenvalue weighted by Gasteiger charge is 2.34. The van der Waals surface area contributed by atoms with Crippen molar-refractivity contribution >= 4 is 11.9 Å². The van der Waals surface area contributed by atoms with E-state index in [2.05, 4.69) is 6.58 Å². The second-order valence-electron chi connectivity index (χ2n) is 5.56. The maximum absolute atomic E-state index is 12.1. The van der Waals surface area contributed by atoms with Crippen molar-refractivity contribution in [1.82, 2.24) is 4.90 Å². The molecule has 5 nitrogen and oxygen atoms in total. The Morgan fingerprint density at radius 2 is 2.16 bits per heavy atom. The van der Waals surface area contributed by atoms with Gasteiger partial charge in [0, 0.05) is 13.0 Å². The van der Waals surface area contributed by atoms with Gasteiger partial charge in [-0.2, -0.15) is 0 Å². The van der Waals surface area contributed by atoms with E-state index in [1.54, 1.807) is 26.8 Å².